The molecule has 0 heterocycles. The molecule has 1 unspecified atom stereocenters. The van der Waals surface area contributed by atoms with Gasteiger partial charge in [0.05, 0.1) is 24.4 Å². The first kappa shape index (κ1) is 16.5. The first-order valence-electron chi connectivity index (χ1n) is 5.60. The van der Waals surface area contributed by atoms with E-state index in [0.717, 1.165) is 0 Å². The molecule has 20 heavy (non-hydrogen) atoms. The highest BCUT2D eigenvalue weighted by Gasteiger charge is 2.19. The average molecular weight is 324 g/mol. The van der Waals surface area contributed by atoms with Crippen LogP contribution in [0, 0.1) is 16.0 Å². The summed E-state index contributed by atoms with van der Waals surface area (Å²) in [6.07, 6.45) is 0. The fourth-order valence-corrected chi connectivity index (χ4v) is 2.93. The maximum absolute atomic E-state index is 10.9. The normalized spacial score (nSPS) is 12.8. The number of nitro groups is 1. The zero-order valence-corrected chi connectivity index (χ0v) is 12.5. The van der Waals surface area contributed by atoms with Crippen molar-refractivity contribution in [3.8, 4) is 11.5 Å². The van der Waals surface area contributed by atoms with Gasteiger partial charge in [0.25, 0.3) is 0 Å². The molecule has 0 saturated heterocycles. The van der Waals surface area contributed by atoms with Gasteiger partial charge in [-0.15, -0.1) is 0 Å². The zero-order valence-electron chi connectivity index (χ0n) is 10.9. The van der Waals surface area contributed by atoms with Gasteiger partial charge in [0.15, 0.2) is 0 Å². The lowest BCUT2D eigenvalue weighted by Crippen LogP contribution is -2.16. The smallest absolute Gasteiger partial charge is 0.311 e. The number of hydrogen-bond donors (Lipinski definition) is 0. The molecule has 0 bridgehead atoms. The van der Waals surface area contributed by atoms with E-state index < -0.39 is 19.9 Å². The summed E-state index contributed by atoms with van der Waals surface area (Å²) >= 11 is 0. The molecule has 1 aromatic carbocycles. The van der Waals surface area contributed by atoms with Crippen LogP contribution < -0.4 is 9.47 Å². The number of nitrogens with zero attached hydrogens (tertiary/aromatic N) is 1. The van der Waals surface area contributed by atoms with Crippen LogP contribution >= 0.6 is 10.7 Å². The van der Waals surface area contributed by atoms with Gasteiger partial charge in [-0.05, 0) is 6.07 Å². The Morgan fingerprint density at radius 1 is 1.45 bits per heavy atom. The quantitative estimate of drug-likeness (QED) is 0.433. The van der Waals surface area contributed by atoms with Gasteiger partial charge in [0.2, 0.25) is 14.8 Å². The molecule has 1 rings (SSSR count). The molecule has 1 aromatic rings. The molecule has 0 spiro atoms. The molecule has 9 heteroatoms. The van der Waals surface area contributed by atoms with Crippen LogP contribution in [0.1, 0.15) is 6.92 Å². The second kappa shape index (κ2) is 6.76. The van der Waals surface area contributed by atoms with Crippen LogP contribution in [0.25, 0.3) is 0 Å². The standard InChI is InChI=1S/C11H14ClNO6S/c1-8(7-20(12,16)17)6-19-11-5-9(18-2)3-4-10(11)13(14)15/h3-5,8H,6-7H2,1-2H3. The Bertz CT molecular complexity index is 589. The molecule has 0 aliphatic heterocycles. The highest BCUT2D eigenvalue weighted by Crippen LogP contribution is 2.31. The first-order chi connectivity index (χ1) is 9.23. The maximum Gasteiger partial charge on any atom is 0.311 e. The topological polar surface area (TPSA) is 95.7 Å². The molecule has 0 N–H and O–H groups in total. The Labute approximate surface area is 121 Å². The van der Waals surface area contributed by atoms with E-state index in [-0.39, 0.29) is 23.8 Å². The Hall–Kier alpha value is -1.54. The first-order valence-corrected chi connectivity index (χ1v) is 8.08. The Morgan fingerprint density at radius 2 is 2.10 bits per heavy atom. The fourth-order valence-electron chi connectivity index (χ4n) is 1.51. The van der Waals surface area contributed by atoms with Crippen molar-refractivity contribution in [2.24, 2.45) is 5.92 Å². The number of benzene rings is 1. The molecule has 1 atom stereocenters. The van der Waals surface area contributed by atoms with Gasteiger partial charge < -0.3 is 9.47 Å². The second-order valence-corrected chi connectivity index (χ2v) is 7.03. The predicted molar refractivity (Wildman–Crippen MR) is 73.9 cm³/mol. The Morgan fingerprint density at radius 3 is 2.60 bits per heavy atom. The van der Waals surface area contributed by atoms with Gasteiger partial charge in [-0.2, -0.15) is 0 Å². The van der Waals surface area contributed by atoms with Crippen LogP contribution in [0.4, 0.5) is 5.69 Å². The molecule has 0 saturated carbocycles. The summed E-state index contributed by atoms with van der Waals surface area (Å²) in [5.41, 5.74) is -0.216. The maximum atomic E-state index is 10.9. The minimum Gasteiger partial charge on any atom is -0.497 e. The molecule has 0 aromatic heterocycles. The summed E-state index contributed by atoms with van der Waals surface area (Å²) in [5.74, 6) is -0.244. The summed E-state index contributed by atoms with van der Waals surface area (Å²) in [5, 5.41) is 10.9. The fraction of sp³-hybridized carbons (Fsp3) is 0.455. The van der Waals surface area contributed by atoms with Crippen molar-refractivity contribution in [2.75, 3.05) is 19.5 Å². The highest BCUT2D eigenvalue weighted by atomic mass is 35.7. The second-order valence-electron chi connectivity index (χ2n) is 4.21. The van der Waals surface area contributed by atoms with Crippen LogP contribution in [-0.4, -0.2) is 32.8 Å². The monoisotopic (exact) mass is 323 g/mol. The minimum absolute atomic E-state index is 0.0139. The summed E-state index contributed by atoms with van der Waals surface area (Å²) in [6.45, 7) is 1.60. The summed E-state index contributed by atoms with van der Waals surface area (Å²) in [6, 6.07) is 4.08. The average Bonchev–Trinajstić information content (AvgIpc) is 2.33. The molecule has 0 amide bonds. The van der Waals surface area contributed by atoms with Crippen LogP contribution in [0.2, 0.25) is 0 Å². The van der Waals surface area contributed by atoms with Crippen LogP contribution in [0.5, 0.6) is 11.5 Å². The Kier molecular flexibility index (Phi) is 5.58. The van der Waals surface area contributed by atoms with Crippen molar-refractivity contribution >= 4 is 25.4 Å². The molecule has 7 nitrogen and oxygen atoms in total. The zero-order chi connectivity index (χ0) is 15.3. The van der Waals surface area contributed by atoms with Gasteiger partial charge in [0, 0.05) is 28.7 Å². The highest BCUT2D eigenvalue weighted by molar-refractivity contribution is 8.13. The van der Waals surface area contributed by atoms with Crippen LogP contribution in [0.3, 0.4) is 0 Å². The van der Waals surface area contributed by atoms with E-state index in [1.54, 1.807) is 6.92 Å². The third-order valence-electron chi connectivity index (χ3n) is 2.37. The van der Waals surface area contributed by atoms with E-state index in [1.165, 1.54) is 25.3 Å². The van der Waals surface area contributed by atoms with E-state index in [0.29, 0.717) is 5.75 Å². The van der Waals surface area contributed by atoms with E-state index in [4.69, 9.17) is 20.2 Å². The van der Waals surface area contributed by atoms with E-state index in [2.05, 4.69) is 0 Å². The van der Waals surface area contributed by atoms with Crippen molar-refractivity contribution < 1.29 is 22.8 Å². The number of rotatable bonds is 7. The number of ether oxygens (including phenoxy) is 2. The number of nitro benzene ring substituents is 1. The molecule has 0 aliphatic rings. The van der Waals surface area contributed by atoms with Gasteiger partial charge in [-0.3, -0.25) is 10.1 Å². The molecular weight excluding hydrogens is 310 g/mol. The van der Waals surface area contributed by atoms with Gasteiger partial charge >= 0.3 is 5.69 Å². The third kappa shape index (κ3) is 5.22. The number of methoxy groups -OCH3 is 1. The molecule has 112 valence electrons. The Balaban J connectivity index is 2.82. The summed E-state index contributed by atoms with van der Waals surface area (Å²) in [4.78, 5) is 10.3. The lowest BCUT2D eigenvalue weighted by molar-refractivity contribution is -0.385. The van der Waals surface area contributed by atoms with E-state index >= 15 is 0 Å². The van der Waals surface area contributed by atoms with Gasteiger partial charge in [-0.1, -0.05) is 6.92 Å². The summed E-state index contributed by atoms with van der Waals surface area (Å²) in [7, 11) is 2.92. The molecular formula is C11H14ClNO6S. The summed E-state index contributed by atoms with van der Waals surface area (Å²) < 4.78 is 32.1. The van der Waals surface area contributed by atoms with Gasteiger partial charge in [-0.25, -0.2) is 8.42 Å². The predicted octanol–water partition coefficient (Wildman–Crippen LogP) is 2.19. The lowest BCUT2D eigenvalue weighted by atomic mass is 10.2. The molecule has 0 aliphatic carbocycles. The van der Waals surface area contributed by atoms with Crippen molar-refractivity contribution in [3.63, 3.8) is 0 Å². The van der Waals surface area contributed by atoms with Gasteiger partial charge in [0.1, 0.15) is 5.75 Å². The largest absolute Gasteiger partial charge is 0.497 e. The van der Waals surface area contributed by atoms with E-state index in [9.17, 15) is 18.5 Å². The third-order valence-corrected chi connectivity index (χ3v) is 3.72. The lowest BCUT2D eigenvalue weighted by Gasteiger charge is -2.12. The molecule has 0 radical (unpaired) electrons. The van der Waals surface area contributed by atoms with Crippen molar-refractivity contribution in [2.45, 2.75) is 6.92 Å². The molecule has 0 fully saturated rings. The number of halogens is 1. The SMILES string of the molecule is COc1ccc([N+](=O)[O-])c(OCC(C)CS(=O)(=O)Cl)c1. The van der Waals surface area contributed by atoms with E-state index in [1.807, 2.05) is 0 Å². The van der Waals surface area contributed by atoms with Crippen molar-refractivity contribution in [3.05, 3.63) is 28.3 Å². The number of hydrogen-bond acceptors (Lipinski definition) is 6. The van der Waals surface area contributed by atoms with Crippen LogP contribution in [-0.2, 0) is 9.05 Å². The van der Waals surface area contributed by atoms with Crippen LogP contribution in [0.15, 0.2) is 18.2 Å². The van der Waals surface area contributed by atoms with Crippen molar-refractivity contribution in [1.29, 1.82) is 0 Å². The van der Waals surface area contributed by atoms with Crippen molar-refractivity contribution in [1.82, 2.24) is 0 Å². The minimum atomic E-state index is -3.63.